The van der Waals surface area contributed by atoms with Crippen molar-refractivity contribution in [1.82, 2.24) is 4.90 Å². The number of likely N-dealkylation sites (tertiary alicyclic amines) is 1. The van der Waals surface area contributed by atoms with Crippen molar-refractivity contribution in [1.29, 1.82) is 0 Å². The first-order valence-corrected chi connectivity index (χ1v) is 10.6. The van der Waals surface area contributed by atoms with Crippen LogP contribution in [0, 0.1) is 26.7 Å². The van der Waals surface area contributed by atoms with Gasteiger partial charge in [0.15, 0.2) is 0 Å². The molecule has 3 aromatic rings. The third-order valence-corrected chi connectivity index (χ3v) is 6.08. The van der Waals surface area contributed by atoms with Gasteiger partial charge in [-0.1, -0.05) is 60.2 Å². The van der Waals surface area contributed by atoms with Gasteiger partial charge in [-0.25, -0.2) is 0 Å². The Balaban J connectivity index is 1.46. The minimum Gasteiger partial charge on any atom is -0.325 e. The lowest BCUT2D eigenvalue weighted by Gasteiger charge is -2.32. The number of rotatable bonds is 4. The molecule has 3 heteroatoms. The van der Waals surface area contributed by atoms with Crippen LogP contribution in [0.25, 0.3) is 10.8 Å². The average Bonchev–Trinajstić information content (AvgIpc) is 2.71. The van der Waals surface area contributed by atoms with Gasteiger partial charge in [-0.15, -0.1) is 0 Å². The van der Waals surface area contributed by atoms with E-state index >= 15 is 0 Å². The van der Waals surface area contributed by atoms with E-state index in [1.807, 2.05) is 0 Å². The molecule has 1 amide bonds. The Hall–Kier alpha value is -2.65. The van der Waals surface area contributed by atoms with Crippen molar-refractivity contribution in [2.24, 2.45) is 5.92 Å². The molecule has 150 valence electrons. The first-order valence-electron chi connectivity index (χ1n) is 10.6. The van der Waals surface area contributed by atoms with Crippen LogP contribution in [0.3, 0.4) is 0 Å². The molecule has 0 radical (unpaired) electrons. The molecular formula is C26H30N2O. The second-order valence-corrected chi connectivity index (χ2v) is 8.48. The molecule has 1 unspecified atom stereocenters. The predicted octanol–water partition coefficient (Wildman–Crippen LogP) is 5.62. The third kappa shape index (κ3) is 4.35. The average molecular weight is 387 g/mol. The molecule has 1 aliphatic rings. The van der Waals surface area contributed by atoms with Crippen molar-refractivity contribution in [3.8, 4) is 0 Å². The van der Waals surface area contributed by atoms with Gasteiger partial charge in [0.25, 0.3) is 0 Å². The van der Waals surface area contributed by atoms with Crippen LogP contribution >= 0.6 is 0 Å². The Bertz CT molecular complexity index is 1010. The molecular weight excluding hydrogens is 356 g/mol. The Morgan fingerprint density at radius 1 is 1.03 bits per heavy atom. The van der Waals surface area contributed by atoms with E-state index in [1.165, 1.54) is 21.9 Å². The minimum absolute atomic E-state index is 0.0406. The number of carbonyl (C=O) groups excluding carboxylic acids is 1. The second kappa shape index (κ2) is 8.38. The van der Waals surface area contributed by atoms with Gasteiger partial charge >= 0.3 is 0 Å². The summed E-state index contributed by atoms with van der Waals surface area (Å²) in [6.07, 6.45) is 2.02. The van der Waals surface area contributed by atoms with Crippen LogP contribution in [0.5, 0.6) is 0 Å². The smallest absolute Gasteiger partial charge is 0.228 e. The van der Waals surface area contributed by atoms with E-state index in [0.717, 1.165) is 49.3 Å². The largest absolute Gasteiger partial charge is 0.325 e. The topological polar surface area (TPSA) is 32.3 Å². The van der Waals surface area contributed by atoms with E-state index in [4.69, 9.17) is 0 Å². The number of fused-ring (bicyclic) bond motifs is 1. The first kappa shape index (κ1) is 19.7. The Morgan fingerprint density at radius 3 is 2.55 bits per heavy atom. The molecule has 0 spiro atoms. The highest BCUT2D eigenvalue weighted by Crippen LogP contribution is 2.26. The predicted molar refractivity (Wildman–Crippen MR) is 121 cm³/mol. The highest BCUT2D eigenvalue weighted by Gasteiger charge is 2.26. The van der Waals surface area contributed by atoms with Crippen LogP contribution < -0.4 is 5.32 Å². The van der Waals surface area contributed by atoms with Gasteiger partial charge in [0.05, 0.1) is 5.92 Å². The van der Waals surface area contributed by atoms with E-state index < -0.39 is 0 Å². The van der Waals surface area contributed by atoms with Crippen molar-refractivity contribution in [2.75, 3.05) is 18.4 Å². The standard InChI is InChI=1S/C26H30N2O/c1-18-14-19(2)25(20(3)15-18)27-26(29)23-11-7-13-28(17-23)16-22-10-6-9-21-8-4-5-12-24(21)22/h4-6,8-10,12,14-15,23H,7,11,13,16-17H2,1-3H3,(H,27,29). The van der Waals surface area contributed by atoms with Gasteiger partial charge in [0.1, 0.15) is 0 Å². The number of carbonyl (C=O) groups is 1. The molecule has 3 aromatic carbocycles. The molecule has 3 nitrogen and oxygen atoms in total. The lowest BCUT2D eigenvalue weighted by molar-refractivity contribution is -0.121. The number of piperidine rings is 1. The van der Waals surface area contributed by atoms with Gasteiger partial charge in [-0.2, -0.15) is 0 Å². The first-order chi connectivity index (χ1) is 14.0. The summed E-state index contributed by atoms with van der Waals surface area (Å²) in [4.78, 5) is 15.5. The highest BCUT2D eigenvalue weighted by molar-refractivity contribution is 5.94. The van der Waals surface area contributed by atoms with Gasteiger partial charge in [0.2, 0.25) is 5.91 Å². The fraction of sp³-hybridized carbons (Fsp3) is 0.346. The molecule has 0 bridgehead atoms. The summed E-state index contributed by atoms with van der Waals surface area (Å²) in [5, 5.41) is 5.82. The molecule has 1 saturated heterocycles. The summed E-state index contributed by atoms with van der Waals surface area (Å²) in [5.74, 6) is 0.196. The summed E-state index contributed by atoms with van der Waals surface area (Å²) in [5.41, 5.74) is 5.83. The van der Waals surface area contributed by atoms with Crippen LogP contribution in [0.2, 0.25) is 0 Å². The molecule has 4 rings (SSSR count). The van der Waals surface area contributed by atoms with E-state index in [0.29, 0.717) is 0 Å². The maximum absolute atomic E-state index is 13.0. The van der Waals surface area contributed by atoms with Crippen LogP contribution in [-0.2, 0) is 11.3 Å². The molecule has 1 aliphatic heterocycles. The van der Waals surface area contributed by atoms with Gasteiger partial charge in [-0.3, -0.25) is 9.69 Å². The Labute approximate surface area is 173 Å². The molecule has 1 heterocycles. The fourth-order valence-electron chi connectivity index (χ4n) is 4.69. The minimum atomic E-state index is 0.0406. The fourth-order valence-corrected chi connectivity index (χ4v) is 4.69. The zero-order chi connectivity index (χ0) is 20.4. The van der Waals surface area contributed by atoms with Crippen molar-refractivity contribution >= 4 is 22.4 Å². The molecule has 0 aromatic heterocycles. The SMILES string of the molecule is Cc1cc(C)c(NC(=O)C2CCCN(Cc3cccc4ccccc34)C2)c(C)c1. The number of hydrogen-bond acceptors (Lipinski definition) is 2. The van der Waals surface area contributed by atoms with E-state index in [9.17, 15) is 4.79 Å². The lowest BCUT2D eigenvalue weighted by atomic mass is 9.95. The number of amides is 1. The summed E-state index contributed by atoms with van der Waals surface area (Å²) in [6, 6.07) is 19.3. The monoisotopic (exact) mass is 386 g/mol. The molecule has 0 aliphatic carbocycles. The van der Waals surface area contributed by atoms with Crippen molar-refractivity contribution in [2.45, 2.75) is 40.2 Å². The molecule has 1 fully saturated rings. The molecule has 29 heavy (non-hydrogen) atoms. The summed E-state index contributed by atoms with van der Waals surface area (Å²) in [7, 11) is 0. The summed E-state index contributed by atoms with van der Waals surface area (Å²) < 4.78 is 0. The summed E-state index contributed by atoms with van der Waals surface area (Å²) >= 11 is 0. The maximum atomic E-state index is 13.0. The zero-order valence-electron chi connectivity index (χ0n) is 17.7. The number of nitrogens with zero attached hydrogens (tertiary/aromatic N) is 1. The second-order valence-electron chi connectivity index (χ2n) is 8.48. The number of aryl methyl sites for hydroxylation is 3. The van der Waals surface area contributed by atoms with Gasteiger partial charge in [0, 0.05) is 18.8 Å². The van der Waals surface area contributed by atoms with Crippen LogP contribution in [-0.4, -0.2) is 23.9 Å². The Kier molecular flexibility index (Phi) is 5.68. The third-order valence-electron chi connectivity index (χ3n) is 6.08. The zero-order valence-corrected chi connectivity index (χ0v) is 17.7. The number of benzene rings is 3. The van der Waals surface area contributed by atoms with Crippen LogP contribution in [0.4, 0.5) is 5.69 Å². The molecule has 0 saturated carbocycles. The number of nitrogens with one attached hydrogen (secondary N) is 1. The summed E-state index contributed by atoms with van der Waals surface area (Å²) in [6.45, 7) is 9.01. The number of anilines is 1. The van der Waals surface area contributed by atoms with Crippen molar-refractivity contribution < 1.29 is 4.79 Å². The lowest BCUT2D eigenvalue weighted by Crippen LogP contribution is -2.40. The van der Waals surface area contributed by atoms with Crippen LogP contribution in [0.15, 0.2) is 54.6 Å². The highest BCUT2D eigenvalue weighted by atomic mass is 16.1. The maximum Gasteiger partial charge on any atom is 0.228 e. The van der Waals surface area contributed by atoms with Crippen LogP contribution in [0.1, 0.15) is 35.1 Å². The number of hydrogen-bond donors (Lipinski definition) is 1. The molecule has 1 N–H and O–H groups in total. The van der Waals surface area contributed by atoms with E-state index in [2.05, 4.69) is 85.6 Å². The van der Waals surface area contributed by atoms with E-state index in [1.54, 1.807) is 0 Å². The quantitative estimate of drug-likeness (QED) is 0.631. The Morgan fingerprint density at radius 2 is 1.76 bits per heavy atom. The van der Waals surface area contributed by atoms with E-state index in [-0.39, 0.29) is 11.8 Å². The van der Waals surface area contributed by atoms with Gasteiger partial charge in [-0.05, 0) is 67.6 Å². The normalized spacial score (nSPS) is 17.4. The van der Waals surface area contributed by atoms with Gasteiger partial charge < -0.3 is 5.32 Å². The molecule has 1 atom stereocenters. The van der Waals surface area contributed by atoms with Crippen molar-refractivity contribution in [3.63, 3.8) is 0 Å². The van der Waals surface area contributed by atoms with Crippen molar-refractivity contribution in [3.05, 3.63) is 76.9 Å².